The molecule has 0 radical (unpaired) electrons. The summed E-state index contributed by atoms with van der Waals surface area (Å²) in [4.78, 5) is 22.8. The van der Waals surface area contributed by atoms with E-state index < -0.39 is 6.10 Å². The zero-order chi connectivity index (χ0) is 15.5. The van der Waals surface area contributed by atoms with Crippen molar-refractivity contribution < 1.29 is 9.90 Å². The van der Waals surface area contributed by atoms with Crippen molar-refractivity contribution in [2.75, 3.05) is 13.1 Å². The largest absolute Gasteiger partial charge is 0.389 e. The van der Waals surface area contributed by atoms with Gasteiger partial charge in [0.2, 0.25) is 0 Å². The highest BCUT2D eigenvalue weighted by molar-refractivity contribution is 5.92. The number of nitrogens with one attached hydrogen (secondary N) is 1. The highest BCUT2D eigenvalue weighted by Gasteiger charge is 2.37. The number of aromatic nitrogens is 2. The lowest BCUT2D eigenvalue weighted by atomic mass is 9.87. The normalized spacial score (nSPS) is 29.5. The number of carbonyl (C=O) groups excluding carboxylic acids is 1. The third kappa shape index (κ3) is 3.28. The van der Waals surface area contributed by atoms with Gasteiger partial charge in [-0.1, -0.05) is 0 Å². The Labute approximate surface area is 131 Å². The smallest absolute Gasteiger partial charge is 0.271 e. The van der Waals surface area contributed by atoms with Gasteiger partial charge in [0, 0.05) is 12.2 Å². The van der Waals surface area contributed by atoms with E-state index in [9.17, 15) is 9.90 Å². The summed E-state index contributed by atoms with van der Waals surface area (Å²) >= 11 is 0. The Balaban J connectivity index is 1.63. The van der Waals surface area contributed by atoms with E-state index in [1.54, 1.807) is 6.20 Å². The molecule has 22 heavy (non-hydrogen) atoms. The molecule has 2 heterocycles. The van der Waals surface area contributed by atoms with Gasteiger partial charge in [0.25, 0.3) is 5.91 Å². The molecule has 1 saturated carbocycles. The Bertz CT molecular complexity index is 513. The quantitative estimate of drug-likeness (QED) is 0.867. The third-order valence-corrected chi connectivity index (χ3v) is 4.76. The minimum atomic E-state index is -0.505. The van der Waals surface area contributed by atoms with Crippen molar-refractivity contribution in [3.63, 3.8) is 0 Å². The van der Waals surface area contributed by atoms with E-state index in [2.05, 4.69) is 20.2 Å². The Kier molecular flexibility index (Phi) is 4.69. The van der Waals surface area contributed by atoms with Crippen LogP contribution in [0, 0.1) is 6.92 Å². The first-order chi connectivity index (χ1) is 10.6. The maximum absolute atomic E-state index is 12.3. The lowest BCUT2D eigenvalue weighted by Crippen LogP contribution is -2.56. The lowest BCUT2D eigenvalue weighted by Gasteiger charge is -2.40. The first-order valence-electron chi connectivity index (χ1n) is 8.17. The van der Waals surface area contributed by atoms with E-state index in [1.807, 2.05) is 6.92 Å². The molecule has 2 aliphatic rings. The van der Waals surface area contributed by atoms with Crippen molar-refractivity contribution in [1.82, 2.24) is 20.2 Å². The van der Waals surface area contributed by atoms with Crippen LogP contribution in [-0.4, -0.2) is 57.2 Å². The molecule has 0 spiro atoms. The van der Waals surface area contributed by atoms with Crippen LogP contribution in [0.5, 0.6) is 0 Å². The van der Waals surface area contributed by atoms with Crippen molar-refractivity contribution in [2.45, 2.75) is 57.2 Å². The average Bonchev–Trinajstić information content (AvgIpc) is 3.04. The number of carbonyl (C=O) groups is 1. The van der Waals surface area contributed by atoms with Crippen molar-refractivity contribution in [3.05, 3.63) is 23.8 Å². The molecular weight excluding hydrogens is 280 g/mol. The summed E-state index contributed by atoms with van der Waals surface area (Å²) in [5.41, 5.74) is 1.09. The Morgan fingerprint density at radius 3 is 2.68 bits per heavy atom. The standard InChI is InChI=1S/C16H24N4O2/c1-11-9-18-13(10-17-11)16(22)19-12-5-4-6-14(15(12)21)20-7-2-3-8-20/h9-10,12,14-15,21H,2-8H2,1H3,(H,19,22)/t12-,14-,15-/m1/s1. The summed E-state index contributed by atoms with van der Waals surface area (Å²) in [7, 11) is 0. The second kappa shape index (κ2) is 6.71. The first-order valence-corrected chi connectivity index (χ1v) is 8.17. The third-order valence-electron chi connectivity index (χ3n) is 4.76. The van der Waals surface area contributed by atoms with Crippen LogP contribution in [0.25, 0.3) is 0 Å². The number of aliphatic hydroxyl groups is 1. The van der Waals surface area contributed by atoms with Crippen LogP contribution in [-0.2, 0) is 0 Å². The Hall–Kier alpha value is -1.53. The van der Waals surface area contributed by atoms with Gasteiger partial charge in [0.05, 0.1) is 24.0 Å². The number of hydrogen-bond donors (Lipinski definition) is 2. The second-order valence-electron chi connectivity index (χ2n) is 6.35. The molecule has 1 aromatic rings. The van der Waals surface area contributed by atoms with Crippen molar-refractivity contribution in [1.29, 1.82) is 0 Å². The van der Waals surface area contributed by atoms with Gasteiger partial charge in [0.1, 0.15) is 5.69 Å². The fraction of sp³-hybridized carbons (Fsp3) is 0.688. The van der Waals surface area contributed by atoms with Crippen LogP contribution in [0.3, 0.4) is 0 Å². The molecule has 2 N–H and O–H groups in total. The summed E-state index contributed by atoms with van der Waals surface area (Å²) in [6, 6.07) is -0.0272. The predicted molar refractivity (Wildman–Crippen MR) is 82.5 cm³/mol. The summed E-state index contributed by atoms with van der Waals surface area (Å²) in [5.74, 6) is -0.251. The molecule has 1 aliphatic carbocycles. The van der Waals surface area contributed by atoms with Gasteiger partial charge in [0.15, 0.2) is 0 Å². The number of aliphatic hydroxyl groups excluding tert-OH is 1. The zero-order valence-electron chi connectivity index (χ0n) is 13.0. The molecule has 1 saturated heterocycles. The molecule has 1 aromatic heterocycles. The summed E-state index contributed by atoms with van der Waals surface area (Å²) in [5, 5.41) is 13.6. The van der Waals surface area contributed by atoms with E-state index in [1.165, 1.54) is 19.0 Å². The van der Waals surface area contributed by atoms with Gasteiger partial charge in [-0.2, -0.15) is 0 Å². The van der Waals surface area contributed by atoms with Gasteiger partial charge >= 0.3 is 0 Å². The summed E-state index contributed by atoms with van der Waals surface area (Å²) < 4.78 is 0. The van der Waals surface area contributed by atoms with Crippen molar-refractivity contribution in [2.24, 2.45) is 0 Å². The minimum absolute atomic E-state index is 0.172. The van der Waals surface area contributed by atoms with E-state index in [0.717, 1.165) is 38.0 Å². The van der Waals surface area contributed by atoms with Crippen molar-refractivity contribution in [3.8, 4) is 0 Å². The summed E-state index contributed by atoms with van der Waals surface area (Å²) in [6.07, 6.45) is 7.83. The van der Waals surface area contributed by atoms with E-state index in [0.29, 0.717) is 5.69 Å². The van der Waals surface area contributed by atoms with Crippen LogP contribution < -0.4 is 5.32 Å². The van der Waals surface area contributed by atoms with E-state index >= 15 is 0 Å². The van der Waals surface area contributed by atoms with Gasteiger partial charge in [-0.3, -0.25) is 14.7 Å². The number of rotatable bonds is 3. The van der Waals surface area contributed by atoms with Crippen molar-refractivity contribution >= 4 is 5.91 Å². The Morgan fingerprint density at radius 2 is 2.00 bits per heavy atom. The topological polar surface area (TPSA) is 78.4 Å². The minimum Gasteiger partial charge on any atom is -0.389 e. The Morgan fingerprint density at radius 1 is 1.23 bits per heavy atom. The van der Waals surface area contributed by atoms with Crippen LogP contribution in [0.2, 0.25) is 0 Å². The molecule has 120 valence electrons. The maximum atomic E-state index is 12.3. The second-order valence-corrected chi connectivity index (χ2v) is 6.35. The highest BCUT2D eigenvalue weighted by atomic mass is 16.3. The van der Waals surface area contributed by atoms with Crippen LogP contribution in [0.15, 0.2) is 12.4 Å². The van der Waals surface area contributed by atoms with Gasteiger partial charge in [-0.05, 0) is 52.1 Å². The fourth-order valence-electron chi connectivity index (χ4n) is 3.54. The molecular formula is C16H24N4O2. The van der Waals surface area contributed by atoms with Crippen LogP contribution in [0.4, 0.5) is 0 Å². The number of aryl methyl sites for hydroxylation is 1. The van der Waals surface area contributed by atoms with Gasteiger partial charge in [-0.15, -0.1) is 0 Å². The van der Waals surface area contributed by atoms with Crippen LogP contribution in [0.1, 0.15) is 48.3 Å². The van der Waals surface area contributed by atoms with E-state index in [4.69, 9.17) is 0 Å². The SMILES string of the molecule is Cc1cnc(C(=O)N[C@@H]2CCC[C@@H](N3CCCC3)[C@@H]2O)cn1. The molecule has 1 amide bonds. The predicted octanol–water partition coefficient (Wildman–Crippen LogP) is 0.893. The summed E-state index contributed by atoms with van der Waals surface area (Å²) in [6.45, 7) is 3.96. The molecule has 0 aromatic carbocycles. The molecule has 3 atom stereocenters. The average molecular weight is 304 g/mol. The molecule has 0 bridgehead atoms. The first kappa shape index (κ1) is 15.4. The fourth-order valence-corrected chi connectivity index (χ4v) is 3.54. The number of amides is 1. The number of nitrogens with zero attached hydrogens (tertiary/aromatic N) is 3. The molecule has 3 rings (SSSR count). The monoisotopic (exact) mass is 304 g/mol. The molecule has 6 heteroatoms. The van der Waals surface area contributed by atoms with Gasteiger partial charge < -0.3 is 10.4 Å². The van der Waals surface area contributed by atoms with E-state index in [-0.39, 0.29) is 18.0 Å². The maximum Gasteiger partial charge on any atom is 0.271 e. The highest BCUT2D eigenvalue weighted by Crippen LogP contribution is 2.26. The number of hydrogen-bond acceptors (Lipinski definition) is 5. The number of likely N-dealkylation sites (tertiary alicyclic amines) is 1. The molecule has 1 aliphatic heterocycles. The lowest BCUT2D eigenvalue weighted by molar-refractivity contribution is 0.00697. The molecule has 0 unspecified atom stereocenters. The van der Waals surface area contributed by atoms with Crippen LogP contribution >= 0.6 is 0 Å². The molecule has 6 nitrogen and oxygen atoms in total. The van der Waals surface area contributed by atoms with Gasteiger partial charge in [-0.25, -0.2) is 4.98 Å². The molecule has 2 fully saturated rings. The zero-order valence-corrected chi connectivity index (χ0v) is 13.0.